The van der Waals surface area contributed by atoms with Gasteiger partial charge in [0, 0.05) is 12.3 Å². The summed E-state index contributed by atoms with van der Waals surface area (Å²) in [5.74, 6) is 1.55. The predicted octanol–water partition coefficient (Wildman–Crippen LogP) is 6.07. The van der Waals surface area contributed by atoms with Crippen LogP contribution in [0, 0.1) is 23.2 Å². The second-order valence-electron chi connectivity index (χ2n) is 9.23. The number of carbonyl (C=O) groups is 1. The number of carbonyl (C=O) groups excluding carboxylic acids is 1. The maximum Gasteiger partial charge on any atom is 0.133 e. The molecule has 1 aliphatic carbocycles. The molecule has 0 heterocycles. The van der Waals surface area contributed by atoms with Gasteiger partial charge in [-0.1, -0.05) is 76.1 Å². The van der Waals surface area contributed by atoms with Crippen LogP contribution in [-0.4, -0.2) is 18.4 Å². The lowest BCUT2D eigenvalue weighted by Gasteiger charge is -2.15. The number of rotatable bonds is 11. The van der Waals surface area contributed by atoms with E-state index in [2.05, 4.69) is 74.6 Å². The van der Waals surface area contributed by atoms with Crippen molar-refractivity contribution in [2.45, 2.75) is 71.8 Å². The van der Waals surface area contributed by atoms with Crippen LogP contribution in [0.15, 0.2) is 42.5 Å². The molecule has 2 aromatic rings. The summed E-state index contributed by atoms with van der Waals surface area (Å²) in [6.07, 6.45) is 5.00. The van der Waals surface area contributed by atoms with Gasteiger partial charge in [-0.15, -0.1) is 0 Å². The molecule has 3 rings (SSSR count). The Labute approximate surface area is 187 Å². The van der Waals surface area contributed by atoms with Gasteiger partial charge in [-0.2, -0.15) is 5.26 Å². The normalized spacial score (nSPS) is 19.5. The molecule has 1 aliphatic rings. The molecule has 0 radical (unpaired) electrons. The second kappa shape index (κ2) is 10.7. The van der Waals surface area contributed by atoms with Crippen LogP contribution in [0.4, 0.5) is 0 Å². The van der Waals surface area contributed by atoms with Crippen LogP contribution in [0.1, 0.15) is 69.6 Å². The summed E-state index contributed by atoms with van der Waals surface area (Å²) in [6.45, 7) is 9.19. The zero-order chi connectivity index (χ0) is 22.4. The molecule has 0 spiro atoms. The fourth-order valence-electron chi connectivity index (χ4n) is 4.34. The zero-order valence-corrected chi connectivity index (χ0v) is 19.4. The van der Waals surface area contributed by atoms with Gasteiger partial charge in [0.15, 0.2) is 0 Å². The van der Waals surface area contributed by atoms with E-state index in [-0.39, 0.29) is 12.0 Å². The largest absolute Gasteiger partial charge is 0.301 e. The van der Waals surface area contributed by atoms with E-state index >= 15 is 0 Å². The first-order chi connectivity index (χ1) is 15.0. The Morgan fingerprint density at radius 3 is 2.45 bits per heavy atom. The summed E-state index contributed by atoms with van der Waals surface area (Å²) < 4.78 is 0. The molecule has 0 aliphatic heterocycles. The van der Waals surface area contributed by atoms with Crippen LogP contribution < -0.4 is 5.32 Å². The lowest BCUT2D eigenvalue weighted by Crippen LogP contribution is -2.33. The van der Waals surface area contributed by atoms with Gasteiger partial charge in [0.2, 0.25) is 0 Å². The number of hydrogen-bond donors (Lipinski definition) is 1. The minimum Gasteiger partial charge on any atom is -0.301 e. The molecule has 0 saturated heterocycles. The van der Waals surface area contributed by atoms with Gasteiger partial charge in [-0.05, 0) is 66.0 Å². The van der Waals surface area contributed by atoms with E-state index in [9.17, 15) is 10.1 Å². The van der Waals surface area contributed by atoms with Gasteiger partial charge in [-0.25, -0.2) is 0 Å². The average Bonchev–Trinajstić information content (AvgIpc) is 3.58. The first-order valence-electron chi connectivity index (χ1n) is 11.8. The number of Topliss-reactive ketones (excluding diaryl/α,β-unsaturated/α-hetero) is 1. The molecule has 3 heteroatoms. The Morgan fingerprint density at radius 1 is 1.16 bits per heavy atom. The predicted molar refractivity (Wildman–Crippen MR) is 128 cm³/mol. The van der Waals surface area contributed by atoms with Crippen LogP contribution in [0.25, 0.3) is 11.1 Å². The summed E-state index contributed by atoms with van der Waals surface area (Å²) in [7, 11) is 0. The van der Waals surface area contributed by atoms with Crippen molar-refractivity contribution in [2.24, 2.45) is 11.8 Å². The number of benzene rings is 2. The molecule has 1 saturated carbocycles. The molecular formula is C28H36N2O. The molecule has 0 aromatic heterocycles. The highest BCUT2D eigenvalue weighted by Crippen LogP contribution is 2.49. The Bertz CT molecular complexity index is 925. The fraction of sp³-hybridized carbons (Fsp3) is 0.500. The van der Waals surface area contributed by atoms with Gasteiger partial charge in [0.25, 0.3) is 0 Å². The van der Waals surface area contributed by atoms with E-state index in [0.29, 0.717) is 17.6 Å². The van der Waals surface area contributed by atoms with Crippen molar-refractivity contribution in [3.05, 3.63) is 59.2 Å². The molecular weight excluding hydrogens is 380 g/mol. The number of ketones is 1. The van der Waals surface area contributed by atoms with Crippen molar-refractivity contribution in [2.75, 3.05) is 6.54 Å². The van der Waals surface area contributed by atoms with E-state index in [4.69, 9.17) is 0 Å². The van der Waals surface area contributed by atoms with Crippen molar-refractivity contribution in [3.8, 4) is 17.2 Å². The molecule has 164 valence electrons. The van der Waals surface area contributed by atoms with Gasteiger partial charge >= 0.3 is 0 Å². The standard InChI is InChI=1S/C28H36N2O/c1-5-7-24-15-23(12-13-26(24)28-16-27(28)20(4)31)22-10-8-21(9-11-22)14-25(17-29)30-18-19(3)6-2/h8-13,15,19,25,27-28,30H,5-7,14,16,18H2,1-4H3/t19-,25-,27?,28?/m0/s1. The SMILES string of the molecule is CCCc1cc(-c2ccc(C[C@@H](C#N)NC[C@@H](C)CC)cc2)ccc1C1CC1C(C)=O. The highest BCUT2D eigenvalue weighted by Gasteiger charge is 2.42. The van der Waals surface area contributed by atoms with Crippen molar-refractivity contribution >= 4 is 5.78 Å². The van der Waals surface area contributed by atoms with E-state index in [1.54, 1.807) is 6.92 Å². The van der Waals surface area contributed by atoms with Crippen LogP contribution in [0.3, 0.4) is 0 Å². The average molecular weight is 417 g/mol. The minimum atomic E-state index is -0.150. The molecule has 0 amide bonds. The molecule has 1 N–H and O–H groups in total. The third-order valence-electron chi connectivity index (χ3n) is 6.67. The van der Waals surface area contributed by atoms with Crippen LogP contribution >= 0.6 is 0 Å². The molecule has 2 unspecified atom stereocenters. The van der Waals surface area contributed by atoms with E-state index in [1.807, 2.05) is 0 Å². The minimum absolute atomic E-state index is 0.150. The summed E-state index contributed by atoms with van der Waals surface area (Å²) in [4.78, 5) is 11.7. The Morgan fingerprint density at radius 2 is 1.87 bits per heavy atom. The fourth-order valence-corrected chi connectivity index (χ4v) is 4.34. The number of aryl methyl sites for hydroxylation is 1. The quantitative estimate of drug-likeness (QED) is 0.484. The molecule has 0 bridgehead atoms. The Kier molecular flexibility index (Phi) is 8.04. The van der Waals surface area contributed by atoms with Crippen molar-refractivity contribution < 1.29 is 4.79 Å². The van der Waals surface area contributed by atoms with Crippen LogP contribution in [-0.2, 0) is 17.6 Å². The summed E-state index contributed by atoms with van der Waals surface area (Å²) in [6, 6.07) is 17.6. The van der Waals surface area contributed by atoms with E-state index in [1.165, 1.54) is 27.8 Å². The molecule has 3 nitrogen and oxygen atoms in total. The molecule has 4 atom stereocenters. The van der Waals surface area contributed by atoms with E-state index in [0.717, 1.165) is 38.6 Å². The Balaban J connectivity index is 1.71. The van der Waals surface area contributed by atoms with Crippen molar-refractivity contribution in [1.82, 2.24) is 5.32 Å². The van der Waals surface area contributed by atoms with Gasteiger partial charge in [0.05, 0.1) is 12.1 Å². The highest BCUT2D eigenvalue weighted by atomic mass is 16.1. The van der Waals surface area contributed by atoms with Crippen molar-refractivity contribution in [1.29, 1.82) is 5.26 Å². The first-order valence-corrected chi connectivity index (χ1v) is 11.8. The summed E-state index contributed by atoms with van der Waals surface area (Å²) in [5.41, 5.74) is 6.36. The Hall–Kier alpha value is -2.44. The van der Waals surface area contributed by atoms with Crippen LogP contribution in [0.2, 0.25) is 0 Å². The van der Waals surface area contributed by atoms with Gasteiger partial charge in [0.1, 0.15) is 5.78 Å². The highest BCUT2D eigenvalue weighted by molar-refractivity contribution is 5.82. The smallest absolute Gasteiger partial charge is 0.133 e. The molecule has 2 aromatic carbocycles. The number of nitrogens with zero attached hydrogens (tertiary/aromatic N) is 1. The first kappa shape index (κ1) is 23.2. The maximum absolute atomic E-state index is 11.7. The number of nitriles is 1. The molecule has 31 heavy (non-hydrogen) atoms. The van der Waals surface area contributed by atoms with Gasteiger partial charge in [-0.3, -0.25) is 4.79 Å². The topological polar surface area (TPSA) is 52.9 Å². The third-order valence-corrected chi connectivity index (χ3v) is 6.67. The van der Waals surface area contributed by atoms with Crippen molar-refractivity contribution in [3.63, 3.8) is 0 Å². The third kappa shape index (κ3) is 6.05. The number of hydrogen-bond acceptors (Lipinski definition) is 3. The van der Waals surface area contributed by atoms with E-state index < -0.39 is 0 Å². The van der Waals surface area contributed by atoms with Crippen LogP contribution in [0.5, 0.6) is 0 Å². The zero-order valence-electron chi connectivity index (χ0n) is 19.4. The maximum atomic E-state index is 11.7. The number of nitrogens with one attached hydrogen (secondary N) is 1. The molecule has 1 fully saturated rings. The second-order valence-corrected chi connectivity index (χ2v) is 9.23. The summed E-state index contributed by atoms with van der Waals surface area (Å²) >= 11 is 0. The summed E-state index contributed by atoms with van der Waals surface area (Å²) in [5, 5.41) is 12.9. The monoisotopic (exact) mass is 416 g/mol. The van der Waals surface area contributed by atoms with Gasteiger partial charge < -0.3 is 5.32 Å². The lowest BCUT2D eigenvalue weighted by molar-refractivity contribution is -0.118. The lowest BCUT2D eigenvalue weighted by atomic mass is 9.93.